The third-order valence-electron chi connectivity index (χ3n) is 7.28. The van der Waals surface area contributed by atoms with E-state index < -0.39 is 6.04 Å². The number of aryl methyl sites for hydroxylation is 4. The van der Waals surface area contributed by atoms with Gasteiger partial charge in [-0.25, -0.2) is 9.97 Å². The molecule has 224 valence electrons. The van der Waals surface area contributed by atoms with Crippen molar-refractivity contribution in [2.45, 2.75) is 52.1 Å². The molecular formula is C30H36Cl3N7O2. The van der Waals surface area contributed by atoms with Gasteiger partial charge in [0, 0.05) is 48.5 Å². The van der Waals surface area contributed by atoms with Gasteiger partial charge in [-0.3, -0.25) is 19.1 Å². The molecule has 1 aromatic carbocycles. The third kappa shape index (κ3) is 7.59. The number of nitrogens with two attached hydrogens (primary N) is 1. The topological polar surface area (TPSA) is 128 Å². The number of nitrogens with one attached hydrogen (secondary N) is 2. The van der Waals surface area contributed by atoms with Crippen LogP contribution in [0.25, 0.3) is 0 Å². The van der Waals surface area contributed by atoms with Crippen LogP contribution in [0.5, 0.6) is 0 Å². The lowest BCUT2D eigenvalue weighted by molar-refractivity contribution is -0.124. The predicted molar refractivity (Wildman–Crippen MR) is 173 cm³/mol. The Hall–Kier alpha value is -3.66. The van der Waals surface area contributed by atoms with Gasteiger partial charge in [-0.2, -0.15) is 0 Å². The van der Waals surface area contributed by atoms with Crippen LogP contribution in [0.2, 0.25) is 0 Å². The highest BCUT2D eigenvalue weighted by molar-refractivity contribution is 5.86. The Morgan fingerprint density at radius 2 is 1.69 bits per heavy atom. The molecule has 4 N–H and O–H groups in total. The van der Waals surface area contributed by atoms with Crippen LogP contribution in [0.3, 0.4) is 0 Å². The van der Waals surface area contributed by atoms with Crippen LogP contribution >= 0.6 is 37.2 Å². The number of rotatable bonds is 8. The minimum atomic E-state index is -0.593. The molecule has 4 heterocycles. The number of carbonyl (C=O) groups is 1. The smallest absolute Gasteiger partial charge is 0.294 e. The van der Waals surface area contributed by atoms with E-state index in [2.05, 4.69) is 56.8 Å². The lowest BCUT2D eigenvalue weighted by atomic mass is 9.94. The van der Waals surface area contributed by atoms with Crippen LogP contribution in [-0.4, -0.2) is 32.0 Å². The standard InChI is InChI=1S/C30H33N7O2.3ClH/c1-18-4-7-21(8-5-18)24(25-11-6-19(2)14-32-25)17-34-28-30(39)37-23(16-33-28)10-12-26(37)29(38)35-15-22-9-13-27(31)36-20(22)3;;;/h4-9,11,13-14,16,24,26H,10,12,15,17H2,1-3H3,(H2,31,36)(H,33,34)(H,35,38);3*1H/t24-,26+;;;/m1.../s1. The van der Waals surface area contributed by atoms with Crippen LogP contribution in [0, 0.1) is 20.8 Å². The Morgan fingerprint density at radius 1 is 0.976 bits per heavy atom. The van der Waals surface area contributed by atoms with Crippen LogP contribution in [0.4, 0.5) is 11.6 Å². The number of nitrogen functional groups attached to an aromatic ring is 1. The molecule has 1 aliphatic rings. The molecule has 1 amide bonds. The molecule has 4 aromatic rings. The SMILES string of the molecule is Cc1ccc([C@@H](CNc2ncc3n(c2=O)[C@H](C(=O)NCc2ccc(N)nc2C)CC3)c2ccc(C)cn2)cc1.Cl.Cl.Cl. The Kier molecular flexibility index (Phi) is 12.3. The van der Waals surface area contributed by atoms with Crippen molar-refractivity contribution in [1.29, 1.82) is 0 Å². The molecule has 1 aliphatic heterocycles. The predicted octanol–water partition coefficient (Wildman–Crippen LogP) is 4.85. The van der Waals surface area contributed by atoms with Crippen molar-refractivity contribution in [3.63, 3.8) is 0 Å². The lowest BCUT2D eigenvalue weighted by Gasteiger charge is -2.20. The molecule has 0 spiro atoms. The Morgan fingerprint density at radius 3 is 2.36 bits per heavy atom. The van der Waals surface area contributed by atoms with Crippen LogP contribution < -0.4 is 21.9 Å². The van der Waals surface area contributed by atoms with Gasteiger partial charge in [0.2, 0.25) is 5.91 Å². The zero-order valence-electron chi connectivity index (χ0n) is 23.7. The molecule has 0 bridgehead atoms. The Bertz CT molecular complexity index is 1520. The van der Waals surface area contributed by atoms with Gasteiger partial charge in [-0.05, 0) is 62.4 Å². The van der Waals surface area contributed by atoms with Gasteiger partial charge in [0.1, 0.15) is 11.9 Å². The second kappa shape index (κ2) is 15.0. The largest absolute Gasteiger partial charge is 0.384 e. The summed E-state index contributed by atoms with van der Waals surface area (Å²) in [7, 11) is 0. The van der Waals surface area contributed by atoms with E-state index >= 15 is 0 Å². The van der Waals surface area contributed by atoms with E-state index in [-0.39, 0.29) is 60.4 Å². The summed E-state index contributed by atoms with van der Waals surface area (Å²) in [5, 5.41) is 6.23. The summed E-state index contributed by atoms with van der Waals surface area (Å²) in [6, 6.07) is 15.4. The first-order valence-electron chi connectivity index (χ1n) is 13.1. The molecule has 0 fully saturated rings. The summed E-state index contributed by atoms with van der Waals surface area (Å²) in [5.41, 5.74) is 12.1. The van der Waals surface area contributed by atoms with E-state index in [9.17, 15) is 9.59 Å². The summed E-state index contributed by atoms with van der Waals surface area (Å²) < 4.78 is 1.57. The number of amides is 1. The van der Waals surface area contributed by atoms with Gasteiger partial charge in [-0.1, -0.05) is 42.0 Å². The normalized spacial score (nSPS) is 13.9. The average molecular weight is 633 g/mol. The number of hydrogen-bond acceptors (Lipinski definition) is 7. The van der Waals surface area contributed by atoms with Gasteiger partial charge < -0.3 is 16.4 Å². The quantitative estimate of drug-likeness (QED) is 0.253. The molecule has 3 aromatic heterocycles. The van der Waals surface area contributed by atoms with Crippen molar-refractivity contribution in [3.05, 3.63) is 111 Å². The summed E-state index contributed by atoms with van der Waals surface area (Å²) in [6.07, 6.45) is 4.70. The second-order valence-electron chi connectivity index (χ2n) is 10.1. The highest BCUT2D eigenvalue weighted by Gasteiger charge is 2.31. The third-order valence-corrected chi connectivity index (χ3v) is 7.28. The monoisotopic (exact) mass is 631 g/mol. The number of hydrogen-bond donors (Lipinski definition) is 3. The van der Waals surface area contributed by atoms with Crippen molar-refractivity contribution in [2.75, 3.05) is 17.6 Å². The fraction of sp³-hybridized carbons (Fsp3) is 0.300. The Labute approximate surface area is 264 Å². The van der Waals surface area contributed by atoms with Crippen molar-refractivity contribution < 1.29 is 4.79 Å². The van der Waals surface area contributed by atoms with E-state index in [0.717, 1.165) is 33.8 Å². The maximum atomic E-state index is 13.5. The minimum Gasteiger partial charge on any atom is -0.384 e. The molecule has 42 heavy (non-hydrogen) atoms. The maximum Gasteiger partial charge on any atom is 0.294 e. The van der Waals surface area contributed by atoms with Crippen LogP contribution in [0.15, 0.2) is 65.7 Å². The van der Waals surface area contributed by atoms with Gasteiger partial charge in [0.25, 0.3) is 5.56 Å². The first-order valence-corrected chi connectivity index (χ1v) is 13.1. The van der Waals surface area contributed by atoms with E-state index in [0.29, 0.717) is 31.7 Å². The van der Waals surface area contributed by atoms with E-state index in [4.69, 9.17) is 5.73 Å². The van der Waals surface area contributed by atoms with Crippen LogP contribution in [-0.2, 0) is 17.8 Å². The molecule has 2 atom stereocenters. The number of nitrogens with zero attached hydrogens (tertiary/aromatic N) is 4. The van der Waals surface area contributed by atoms with Gasteiger partial charge in [-0.15, -0.1) is 37.2 Å². The average Bonchev–Trinajstić information content (AvgIpc) is 3.36. The molecule has 0 saturated carbocycles. The van der Waals surface area contributed by atoms with Crippen LogP contribution in [0.1, 0.15) is 57.7 Å². The van der Waals surface area contributed by atoms with Gasteiger partial charge in [0.15, 0.2) is 5.82 Å². The zero-order valence-corrected chi connectivity index (χ0v) is 26.1. The second-order valence-corrected chi connectivity index (χ2v) is 10.1. The first-order chi connectivity index (χ1) is 18.8. The summed E-state index contributed by atoms with van der Waals surface area (Å²) in [5.74, 6) is 0.377. The number of fused-ring (bicyclic) bond motifs is 1. The maximum absolute atomic E-state index is 13.5. The van der Waals surface area contributed by atoms with E-state index in [1.165, 1.54) is 5.56 Å². The number of aromatic nitrogens is 4. The summed E-state index contributed by atoms with van der Waals surface area (Å²) in [4.78, 5) is 40.0. The number of carbonyl (C=O) groups excluding carboxylic acids is 1. The number of benzene rings is 1. The molecule has 5 rings (SSSR count). The van der Waals surface area contributed by atoms with Crippen molar-refractivity contribution in [2.24, 2.45) is 0 Å². The molecule has 12 heteroatoms. The molecule has 0 saturated heterocycles. The molecule has 9 nitrogen and oxygen atoms in total. The molecule has 0 unspecified atom stereocenters. The lowest BCUT2D eigenvalue weighted by Crippen LogP contribution is -2.36. The molecular weight excluding hydrogens is 597 g/mol. The molecule has 0 aliphatic carbocycles. The number of halogens is 3. The van der Waals surface area contributed by atoms with Crippen molar-refractivity contribution in [3.8, 4) is 0 Å². The fourth-order valence-corrected chi connectivity index (χ4v) is 4.98. The Balaban J connectivity index is 0.00000205. The highest BCUT2D eigenvalue weighted by Crippen LogP contribution is 2.26. The minimum absolute atomic E-state index is 0. The van der Waals surface area contributed by atoms with Crippen molar-refractivity contribution in [1.82, 2.24) is 24.8 Å². The summed E-state index contributed by atoms with van der Waals surface area (Å²) >= 11 is 0. The number of pyridine rings is 2. The highest BCUT2D eigenvalue weighted by atomic mass is 35.5. The van der Waals surface area contributed by atoms with E-state index in [1.54, 1.807) is 16.8 Å². The number of anilines is 2. The summed E-state index contributed by atoms with van der Waals surface area (Å²) in [6.45, 7) is 6.66. The van der Waals surface area contributed by atoms with Gasteiger partial charge in [0.05, 0.1) is 0 Å². The molecule has 0 radical (unpaired) electrons. The van der Waals surface area contributed by atoms with Crippen molar-refractivity contribution >= 4 is 54.8 Å². The fourth-order valence-electron chi connectivity index (χ4n) is 4.98. The zero-order chi connectivity index (χ0) is 27.5. The van der Waals surface area contributed by atoms with E-state index in [1.807, 2.05) is 38.2 Å². The van der Waals surface area contributed by atoms with Gasteiger partial charge >= 0.3 is 0 Å². The first kappa shape index (κ1) is 34.5.